The Kier molecular flexibility index (Phi) is 3.83. The average molecular weight is 210 g/mol. The second kappa shape index (κ2) is 4.91. The fraction of sp³-hybridized carbons (Fsp3) is 0.500. The first-order valence-electron chi connectivity index (χ1n) is 5.35. The molecule has 15 heavy (non-hydrogen) atoms. The van der Waals surface area contributed by atoms with Crippen LogP contribution in [-0.4, -0.2) is 16.8 Å². The lowest BCUT2D eigenvalue weighted by molar-refractivity contribution is 0.305. The summed E-state index contributed by atoms with van der Waals surface area (Å²) in [5.74, 6) is 0.176. The zero-order valence-electron chi connectivity index (χ0n) is 9.50. The molecule has 3 heteroatoms. The van der Waals surface area contributed by atoms with E-state index in [1.54, 1.807) is 6.07 Å². The van der Waals surface area contributed by atoms with E-state index < -0.39 is 0 Å². The van der Waals surface area contributed by atoms with E-state index in [2.05, 4.69) is 0 Å². The smallest absolute Gasteiger partial charge is 0.200 e. The quantitative estimate of drug-likeness (QED) is 0.751. The molecule has 0 saturated heterocycles. The fourth-order valence-electron chi connectivity index (χ4n) is 1.73. The Balaban J connectivity index is 3.35. The summed E-state index contributed by atoms with van der Waals surface area (Å²) in [6.45, 7) is 6.36. The van der Waals surface area contributed by atoms with Gasteiger partial charge in [-0.3, -0.25) is 0 Å². The van der Waals surface area contributed by atoms with Crippen molar-refractivity contribution >= 4 is 0 Å². The van der Waals surface area contributed by atoms with E-state index in [0.29, 0.717) is 12.4 Å². The summed E-state index contributed by atoms with van der Waals surface area (Å²) in [5.41, 5.74) is 2.01. The number of phenolic OH excluding ortho intramolecular Hbond substituents is 2. The van der Waals surface area contributed by atoms with Gasteiger partial charge in [0, 0.05) is 5.56 Å². The van der Waals surface area contributed by atoms with Gasteiger partial charge in [0.25, 0.3) is 0 Å². The van der Waals surface area contributed by atoms with Gasteiger partial charge in [0.2, 0.25) is 5.75 Å². The van der Waals surface area contributed by atoms with Crippen LogP contribution in [0.2, 0.25) is 0 Å². The third kappa shape index (κ3) is 2.17. The Labute approximate surface area is 90.3 Å². The molecular weight excluding hydrogens is 192 g/mol. The Morgan fingerprint density at radius 2 is 1.80 bits per heavy atom. The van der Waals surface area contributed by atoms with Gasteiger partial charge in [-0.2, -0.15) is 0 Å². The number of aryl methyl sites for hydroxylation is 1. The molecule has 0 aliphatic rings. The molecule has 0 bridgehead atoms. The van der Waals surface area contributed by atoms with Gasteiger partial charge in [-0.1, -0.05) is 13.8 Å². The first-order chi connectivity index (χ1) is 7.15. The molecule has 1 aromatic carbocycles. The Morgan fingerprint density at radius 3 is 2.27 bits per heavy atom. The van der Waals surface area contributed by atoms with E-state index >= 15 is 0 Å². The SMILES string of the molecule is CCOc1c(O)c(O)cc(CC)c1CC. The van der Waals surface area contributed by atoms with E-state index in [1.807, 2.05) is 20.8 Å². The minimum Gasteiger partial charge on any atom is -0.504 e. The molecule has 2 N–H and O–H groups in total. The Bertz CT molecular complexity index is 345. The standard InChI is InChI=1S/C12H18O3/c1-4-8-7-10(13)11(14)12(15-6-3)9(8)5-2/h7,13-14H,4-6H2,1-3H3. The van der Waals surface area contributed by atoms with E-state index in [9.17, 15) is 10.2 Å². The van der Waals surface area contributed by atoms with E-state index in [1.165, 1.54) is 0 Å². The van der Waals surface area contributed by atoms with Gasteiger partial charge in [-0.25, -0.2) is 0 Å². The van der Waals surface area contributed by atoms with Crippen molar-refractivity contribution in [3.8, 4) is 17.2 Å². The van der Waals surface area contributed by atoms with Crippen LogP contribution in [0.5, 0.6) is 17.2 Å². The number of aromatic hydroxyl groups is 2. The van der Waals surface area contributed by atoms with Crippen LogP contribution in [0.1, 0.15) is 31.9 Å². The molecule has 0 saturated carbocycles. The molecule has 0 radical (unpaired) electrons. The van der Waals surface area contributed by atoms with Crippen molar-refractivity contribution in [1.82, 2.24) is 0 Å². The summed E-state index contributed by atoms with van der Waals surface area (Å²) < 4.78 is 5.37. The lowest BCUT2D eigenvalue weighted by Gasteiger charge is -2.15. The number of ether oxygens (including phenoxy) is 1. The summed E-state index contributed by atoms with van der Waals surface area (Å²) in [5, 5.41) is 19.2. The van der Waals surface area contributed by atoms with Gasteiger partial charge in [0.1, 0.15) is 0 Å². The molecule has 84 valence electrons. The predicted molar refractivity (Wildman–Crippen MR) is 59.7 cm³/mol. The Hall–Kier alpha value is -1.38. The normalized spacial score (nSPS) is 10.3. The maximum absolute atomic E-state index is 9.69. The molecule has 3 nitrogen and oxygen atoms in total. The van der Waals surface area contributed by atoms with Crippen LogP contribution in [0.4, 0.5) is 0 Å². The number of benzene rings is 1. The molecule has 0 aliphatic carbocycles. The molecular formula is C12H18O3. The lowest BCUT2D eigenvalue weighted by atomic mass is 10.0. The topological polar surface area (TPSA) is 49.7 Å². The van der Waals surface area contributed by atoms with Gasteiger partial charge in [-0.15, -0.1) is 0 Å². The zero-order valence-corrected chi connectivity index (χ0v) is 9.50. The van der Waals surface area contributed by atoms with Crippen LogP contribution >= 0.6 is 0 Å². The van der Waals surface area contributed by atoms with Crippen molar-refractivity contribution in [3.05, 3.63) is 17.2 Å². The molecule has 0 heterocycles. The van der Waals surface area contributed by atoms with E-state index in [4.69, 9.17) is 4.74 Å². The van der Waals surface area contributed by atoms with Gasteiger partial charge in [-0.05, 0) is 31.4 Å². The largest absolute Gasteiger partial charge is 0.504 e. The van der Waals surface area contributed by atoms with Crippen LogP contribution in [0.3, 0.4) is 0 Å². The summed E-state index contributed by atoms with van der Waals surface area (Å²) >= 11 is 0. The van der Waals surface area contributed by atoms with Crippen molar-refractivity contribution < 1.29 is 14.9 Å². The first-order valence-corrected chi connectivity index (χ1v) is 5.35. The van der Waals surface area contributed by atoms with Gasteiger partial charge >= 0.3 is 0 Å². The van der Waals surface area contributed by atoms with Crippen LogP contribution in [0.15, 0.2) is 6.07 Å². The van der Waals surface area contributed by atoms with E-state index in [0.717, 1.165) is 24.0 Å². The van der Waals surface area contributed by atoms with E-state index in [-0.39, 0.29) is 11.5 Å². The molecule has 0 fully saturated rings. The third-order valence-corrected chi connectivity index (χ3v) is 2.45. The van der Waals surface area contributed by atoms with Crippen LogP contribution in [0.25, 0.3) is 0 Å². The summed E-state index contributed by atoms with van der Waals surface area (Å²) in [7, 11) is 0. The molecule has 0 atom stereocenters. The molecule has 0 unspecified atom stereocenters. The van der Waals surface area contributed by atoms with Crippen LogP contribution in [-0.2, 0) is 12.8 Å². The van der Waals surface area contributed by atoms with Crippen LogP contribution < -0.4 is 4.74 Å². The second-order valence-electron chi connectivity index (χ2n) is 3.35. The zero-order chi connectivity index (χ0) is 11.4. The Morgan fingerprint density at radius 1 is 1.13 bits per heavy atom. The van der Waals surface area contributed by atoms with Gasteiger partial charge in [0.15, 0.2) is 11.5 Å². The van der Waals surface area contributed by atoms with Crippen molar-refractivity contribution in [1.29, 1.82) is 0 Å². The second-order valence-corrected chi connectivity index (χ2v) is 3.35. The highest BCUT2D eigenvalue weighted by molar-refractivity contribution is 5.57. The lowest BCUT2D eigenvalue weighted by Crippen LogP contribution is -2.00. The fourth-order valence-corrected chi connectivity index (χ4v) is 1.73. The number of phenols is 2. The molecule has 1 rings (SSSR count). The number of rotatable bonds is 4. The number of hydrogen-bond donors (Lipinski definition) is 2. The molecule has 0 amide bonds. The third-order valence-electron chi connectivity index (χ3n) is 2.45. The maximum Gasteiger partial charge on any atom is 0.200 e. The first kappa shape index (κ1) is 11.7. The number of hydrogen-bond acceptors (Lipinski definition) is 3. The molecule has 0 spiro atoms. The highest BCUT2D eigenvalue weighted by atomic mass is 16.5. The molecule has 1 aromatic rings. The summed E-state index contributed by atoms with van der Waals surface area (Å²) in [4.78, 5) is 0. The highest BCUT2D eigenvalue weighted by Crippen LogP contribution is 2.40. The van der Waals surface area contributed by atoms with Crippen molar-refractivity contribution in [2.75, 3.05) is 6.61 Å². The average Bonchev–Trinajstić information content (AvgIpc) is 2.24. The monoisotopic (exact) mass is 210 g/mol. The summed E-state index contributed by atoms with van der Waals surface area (Å²) in [6.07, 6.45) is 1.60. The molecule has 0 aliphatic heterocycles. The minimum atomic E-state index is -0.147. The van der Waals surface area contributed by atoms with Crippen molar-refractivity contribution in [3.63, 3.8) is 0 Å². The molecule has 0 aromatic heterocycles. The van der Waals surface area contributed by atoms with Crippen molar-refractivity contribution in [2.24, 2.45) is 0 Å². The minimum absolute atomic E-state index is 0.104. The summed E-state index contributed by atoms with van der Waals surface area (Å²) in [6, 6.07) is 1.61. The van der Waals surface area contributed by atoms with Crippen LogP contribution in [0, 0.1) is 0 Å². The predicted octanol–water partition coefficient (Wildman–Crippen LogP) is 2.62. The van der Waals surface area contributed by atoms with Crippen molar-refractivity contribution in [2.45, 2.75) is 33.6 Å². The highest BCUT2D eigenvalue weighted by Gasteiger charge is 2.16. The van der Waals surface area contributed by atoms with Gasteiger partial charge in [0.05, 0.1) is 6.61 Å². The van der Waals surface area contributed by atoms with Gasteiger partial charge < -0.3 is 14.9 Å². The maximum atomic E-state index is 9.69.